The van der Waals surface area contributed by atoms with E-state index in [-0.39, 0.29) is 4.99 Å². The molecule has 0 radical (unpaired) electrons. The topological polar surface area (TPSA) is 73.1 Å². The standard InChI is InChI=1S/C14H16N4OS/c1-8-9(2)17-18-14(12(8)13(15)20)16-10-6-4-5-7-11(10)19-3/h4-7H,1-3H3,(H2,15,20)(H,16,18). The van der Waals surface area contributed by atoms with Crippen molar-refractivity contribution in [1.29, 1.82) is 0 Å². The summed E-state index contributed by atoms with van der Waals surface area (Å²) in [7, 11) is 1.61. The molecular formula is C14H16N4OS. The Bertz CT molecular complexity index is 658. The molecule has 0 aliphatic carbocycles. The molecule has 0 amide bonds. The number of aromatic nitrogens is 2. The highest BCUT2D eigenvalue weighted by molar-refractivity contribution is 7.80. The second-order valence-electron chi connectivity index (χ2n) is 4.32. The van der Waals surface area contributed by atoms with Crippen molar-refractivity contribution < 1.29 is 4.74 Å². The summed E-state index contributed by atoms with van der Waals surface area (Å²) in [4.78, 5) is 0.290. The lowest BCUT2D eigenvalue weighted by Crippen LogP contribution is -2.17. The van der Waals surface area contributed by atoms with Gasteiger partial charge in [-0.25, -0.2) is 0 Å². The van der Waals surface area contributed by atoms with Crippen molar-refractivity contribution in [3.8, 4) is 5.75 Å². The summed E-state index contributed by atoms with van der Waals surface area (Å²) in [6.45, 7) is 3.79. The van der Waals surface area contributed by atoms with E-state index >= 15 is 0 Å². The van der Waals surface area contributed by atoms with Crippen LogP contribution in [0.15, 0.2) is 24.3 Å². The smallest absolute Gasteiger partial charge is 0.163 e. The molecule has 0 fully saturated rings. The van der Waals surface area contributed by atoms with Crippen molar-refractivity contribution in [2.45, 2.75) is 13.8 Å². The predicted molar refractivity (Wildman–Crippen MR) is 83.7 cm³/mol. The van der Waals surface area contributed by atoms with E-state index in [1.54, 1.807) is 7.11 Å². The van der Waals surface area contributed by atoms with Crippen LogP contribution in [0.2, 0.25) is 0 Å². The Hall–Kier alpha value is -2.21. The number of para-hydroxylation sites is 2. The first-order valence-electron chi connectivity index (χ1n) is 6.08. The summed E-state index contributed by atoms with van der Waals surface area (Å²) in [6.07, 6.45) is 0. The highest BCUT2D eigenvalue weighted by Gasteiger charge is 2.14. The van der Waals surface area contributed by atoms with Crippen LogP contribution in [-0.2, 0) is 0 Å². The lowest BCUT2D eigenvalue weighted by molar-refractivity contribution is 0.417. The predicted octanol–water partition coefficient (Wildman–Crippen LogP) is 2.48. The van der Waals surface area contributed by atoms with Crippen molar-refractivity contribution >= 4 is 28.7 Å². The molecule has 0 saturated heterocycles. The number of ether oxygens (including phenoxy) is 1. The first kappa shape index (κ1) is 14.2. The van der Waals surface area contributed by atoms with Gasteiger partial charge in [-0.05, 0) is 31.5 Å². The molecular weight excluding hydrogens is 272 g/mol. The van der Waals surface area contributed by atoms with Gasteiger partial charge in [-0.15, -0.1) is 5.10 Å². The normalized spacial score (nSPS) is 10.2. The fourth-order valence-corrected chi connectivity index (χ4v) is 2.12. The third kappa shape index (κ3) is 2.70. The molecule has 0 spiro atoms. The maximum Gasteiger partial charge on any atom is 0.163 e. The molecule has 2 aromatic rings. The van der Waals surface area contributed by atoms with E-state index in [2.05, 4.69) is 15.5 Å². The number of thiocarbonyl (C=S) groups is 1. The highest BCUT2D eigenvalue weighted by Crippen LogP contribution is 2.28. The Morgan fingerprint density at radius 3 is 2.60 bits per heavy atom. The number of aryl methyl sites for hydroxylation is 1. The van der Waals surface area contributed by atoms with Gasteiger partial charge in [-0.2, -0.15) is 5.10 Å². The summed E-state index contributed by atoms with van der Waals surface area (Å²) in [6, 6.07) is 7.54. The van der Waals surface area contributed by atoms with E-state index in [1.165, 1.54) is 0 Å². The molecule has 20 heavy (non-hydrogen) atoms. The van der Waals surface area contributed by atoms with Gasteiger partial charge in [-0.3, -0.25) is 0 Å². The molecule has 2 rings (SSSR count). The zero-order chi connectivity index (χ0) is 14.7. The fourth-order valence-electron chi connectivity index (χ4n) is 1.87. The van der Waals surface area contributed by atoms with Crippen LogP contribution in [-0.4, -0.2) is 22.3 Å². The molecule has 1 aromatic carbocycles. The van der Waals surface area contributed by atoms with Crippen LogP contribution in [0.1, 0.15) is 16.8 Å². The van der Waals surface area contributed by atoms with Crippen molar-refractivity contribution in [2.75, 3.05) is 12.4 Å². The van der Waals surface area contributed by atoms with Gasteiger partial charge in [0.1, 0.15) is 10.7 Å². The maximum absolute atomic E-state index is 5.80. The Labute approximate surface area is 123 Å². The molecule has 104 valence electrons. The van der Waals surface area contributed by atoms with Gasteiger partial charge < -0.3 is 15.8 Å². The number of nitrogens with one attached hydrogen (secondary N) is 1. The van der Waals surface area contributed by atoms with E-state index in [0.717, 1.165) is 16.9 Å². The second kappa shape index (κ2) is 5.83. The summed E-state index contributed by atoms with van der Waals surface area (Å²) < 4.78 is 5.30. The van der Waals surface area contributed by atoms with E-state index in [9.17, 15) is 0 Å². The van der Waals surface area contributed by atoms with Gasteiger partial charge in [0.2, 0.25) is 0 Å². The minimum absolute atomic E-state index is 0.290. The number of hydrogen-bond acceptors (Lipinski definition) is 5. The Morgan fingerprint density at radius 2 is 1.95 bits per heavy atom. The van der Waals surface area contributed by atoms with Gasteiger partial charge >= 0.3 is 0 Å². The van der Waals surface area contributed by atoms with E-state index < -0.39 is 0 Å². The SMILES string of the molecule is COc1ccccc1Nc1nnc(C)c(C)c1C(N)=S. The molecule has 0 saturated carbocycles. The number of benzene rings is 1. The van der Waals surface area contributed by atoms with Gasteiger partial charge in [0.15, 0.2) is 5.82 Å². The van der Waals surface area contributed by atoms with Crippen LogP contribution < -0.4 is 15.8 Å². The van der Waals surface area contributed by atoms with Crippen molar-refractivity contribution in [1.82, 2.24) is 10.2 Å². The van der Waals surface area contributed by atoms with Crippen LogP contribution >= 0.6 is 12.2 Å². The number of hydrogen-bond donors (Lipinski definition) is 2. The monoisotopic (exact) mass is 288 g/mol. The minimum Gasteiger partial charge on any atom is -0.495 e. The second-order valence-corrected chi connectivity index (χ2v) is 4.76. The van der Waals surface area contributed by atoms with Crippen molar-refractivity contribution in [2.24, 2.45) is 5.73 Å². The van der Waals surface area contributed by atoms with E-state index in [0.29, 0.717) is 17.1 Å². The molecule has 0 aliphatic heterocycles. The zero-order valence-electron chi connectivity index (χ0n) is 11.6. The third-order valence-electron chi connectivity index (χ3n) is 3.06. The van der Waals surface area contributed by atoms with Gasteiger partial charge in [0.25, 0.3) is 0 Å². The molecule has 6 heteroatoms. The summed E-state index contributed by atoms with van der Waals surface area (Å²) >= 11 is 5.11. The average Bonchev–Trinajstić information content (AvgIpc) is 2.43. The van der Waals surface area contributed by atoms with Gasteiger partial charge in [0, 0.05) is 0 Å². The van der Waals surface area contributed by atoms with Crippen molar-refractivity contribution in [3.63, 3.8) is 0 Å². The number of nitrogens with two attached hydrogens (primary N) is 1. The highest BCUT2D eigenvalue weighted by atomic mass is 32.1. The third-order valence-corrected chi connectivity index (χ3v) is 3.27. The van der Waals surface area contributed by atoms with Gasteiger partial charge in [-0.1, -0.05) is 24.4 Å². The molecule has 1 heterocycles. The average molecular weight is 288 g/mol. The molecule has 3 N–H and O–H groups in total. The number of anilines is 2. The molecule has 0 atom stereocenters. The van der Waals surface area contributed by atoms with Crippen molar-refractivity contribution in [3.05, 3.63) is 41.1 Å². The zero-order valence-corrected chi connectivity index (χ0v) is 12.4. The maximum atomic E-state index is 5.80. The number of rotatable bonds is 4. The van der Waals surface area contributed by atoms with Crippen LogP contribution in [0, 0.1) is 13.8 Å². The van der Waals surface area contributed by atoms with Crippen LogP contribution in [0.25, 0.3) is 0 Å². The quantitative estimate of drug-likeness (QED) is 0.842. The Balaban J connectivity index is 2.49. The molecule has 0 bridgehead atoms. The number of nitrogens with zero attached hydrogens (tertiary/aromatic N) is 2. The summed E-state index contributed by atoms with van der Waals surface area (Å²) in [5.41, 5.74) is 9.02. The Morgan fingerprint density at radius 1 is 1.25 bits per heavy atom. The molecule has 0 unspecified atom stereocenters. The van der Waals surface area contributed by atoms with Gasteiger partial charge in [0.05, 0.1) is 24.1 Å². The largest absolute Gasteiger partial charge is 0.495 e. The van der Waals surface area contributed by atoms with E-state index in [4.69, 9.17) is 22.7 Å². The lowest BCUT2D eigenvalue weighted by Gasteiger charge is -2.14. The van der Waals surface area contributed by atoms with Crippen LogP contribution in [0.4, 0.5) is 11.5 Å². The summed E-state index contributed by atoms with van der Waals surface area (Å²) in [5.74, 6) is 1.24. The molecule has 1 aromatic heterocycles. The Kier molecular flexibility index (Phi) is 4.14. The lowest BCUT2D eigenvalue weighted by atomic mass is 10.1. The first-order chi connectivity index (χ1) is 9.54. The summed E-state index contributed by atoms with van der Waals surface area (Å²) in [5, 5.41) is 11.4. The van der Waals surface area contributed by atoms with Crippen LogP contribution in [0.3, 0.4) is 0 Å². The number of methoxy groups -OCH3 is 1. The minimum atomic E-state index is 0.290. The van der Waals surface area contributed by atoms with Crippen LogP contribution in [0.5, 0.6) is 5.75 Å². The first-order valence-corrected chi connectivity index (χ1v) is 6.49. The molecule has 0 aliphatic rings. The van der Waals surface area contributed by atoms with E-state index in [1.807, 2.05) is 38.1 Å². The molecule has 5 nitrogen and oxygen atoms in total. The fraction of sp³-hybridized carbons (Fsp3) is 0.214.